The van der Waals surface area contributed by atoms with Gasteiger partial charge in [-0.3, -0.25) is 4.79 Å². The second kappa shape index (κ2) is 14.8. The van der Waals surface area contributed by atoms with Crippen molar-refractivity contribution in [2.45, 2.75) is 113 Å². The van der Waals surface area contributed by atoms with Crippen molar-refractivity contribution in [1.82, 2.24) is 0 Å². The zero-order valence-electron chi connectivity index (χ0n) is 23.0. The summed E-state index contributed by atoms with van der Waals surface area (Å²) in [4.78, 5) is 11.0. The molecule has 2 aromatic rings. The second-order valence-electron chi connectivity index (χ2n) is 8.66. The molecular formula is C30H45FO4. The molecule has 0 saturated heterocycles. The second-order valence-corrected chi connectivity index (χ2v) is 8.66. The molecule has 1 aliphatic heterocycles. The molecule has 1 N–H and O–H groups in total. The van der Waals surface area contributed by atoms with Crippen LogP contribution in [0, 0.1) is 5.82 Å². The van der Waals surface area contributed by atoms with Crippen LogP contribution < -0.4 is 9.47 Å². The van der Waals surface area contributed by atoms with E-state index in [0.29, 0.717) is 12.8 Å². The average molecular weight is 489 g/mol. The average Bonchev–Trinajstić information content (AvgIpc) is 3.18. The number of aliphatic carboxylic acids is 1. The van der Waals surface area contributed by atoms with Crippen LogP contribution in [0.1, 0.15) is 102 Å². The number of benzene rings is 2. The van der Waals surface area contributed by atoms with E-state index in [4.69, 9.17) is 14.6 Å². The van der Waals surface area contributed by atoms with E-state index in [1.807, 2.05) is 67.5 Å². The summed E-state index contributed by atoms with van der Waals surface area (Å²) in [6, 6.07) is 6.96. The van der Waals surface area contributed by atoms with Gasteiger partial charge in [-0.2, -0.15) is 0 Å². The largest absolute Gasteiger partial charge is 0.488 e. The molecule has 2 aromatic carbocycles. The first-order chi connectivity index (χ1) is 16.8. The first kappa shape index (κ1) is 30.5. The van der Waals surface area contributed by atoms with Gasteiger partial charge >= 0.3 is 5.97 Å². The first-order valence-electron chi connectivity index (χ1n) is 13.3. The SMILES string of the molecule is CC.CC.CC.CC1(C)Cc2cc(F)cc(COc3ccc(CCC(=O)O)c4c3CCCC4)c2O1. The lowest BCUT2D eigenvalue weighted by Crippen LogP contribution is -2.25. The summed E-state index contributed by atoms with van der Waals surface area (Å²) in [7, 11) is 0. The van der Waals surface area contributed by atoms with Crippen LogP contribution in [-0.2, 0) is 37.1 Å². The van der Waals surface area contributed by atoms with Crippen LogP contribution >= 0.6 is 0 Å². The highest BCUT2D eigenvalue weighted by Crippen LogP contribution is 2.39. The summed E-state index contributed by atoms with van der Waals surface area (Å²) in [6.07, 6.45) is 5.44. The Balaban J connectivity index is 0.000000949. The van der Waals surface area contributed by atoms with Gasteiger partial charge in [0.15, 0.2) is 0 Å². The van der Waals surface area contributed by atoms with Crippen molar-refractivity contribution in [2.24, 2.45) is 0 Å². The Hall–Kier alpha value is -2.56. The first-order valence-corrected chi connectivity index (χ1v) is 13.3. The van der Waals surface area contributed by atoms with Gasteiger partial charge in [-0.05, 0) is 80.8 Å². The fraction of sp³-hybridized carbons (Fsp3) is 0.567. The minimum Gasteiger partial charge on any atom is -0.488 e. The minimum atomic E-state index is -0.780. The van der Waals surface area contributed by atoms with Gasteiger partial charge < -0.3 is 14.6 Å². The van der Waals surface area contributed by atoms with Crippen molar-refractivity contribution in [3.63, 3.8) is 0 Å². The lowest BCUT2D eigenvalue weighted by molar-refractivity contribution is -0.136. The molecule has 4 nitrogen and oxygen atoms in total. The van der Waals surface area contributed by atoms with E-state index in [9.17, 15) is 9.18 Å². The number of carboxylic acid groups (broad SMARTS) is 1. The van der Waals surface area contributed by atoms with Crippen molar-refractivity contribution in [1.29, 1.82) is 0 Å². The molecule has 5 heteroatoms. The van der Waals surface area contributed by atoms with Gasteiger partial charge in [0.2, 0.25) is 0 Å². The fourth-order valence-electron chi connectivity index (χ4n) is 4.53. The number of carbonyl (C=O) groups is 1. The van der Waals surface area contributed by atoms with Crippen molar-refractivity contribution in [3.05, 3.63) is 57.9 Å². The smallest absolute Gasteiger partial charge is 0.303 e. The predicted molar refractivity (Wildman–Crippen MR) is 142 cm³/mol. The maximum atomic E-state index is 14.1. The Kier molecular flexibility index (Phi) is 12.8. The normalized spacial score (nSPS) is 14.3. The standard InChI is InChI=1S/C24H27FO4.3C2H6/c1-24(2)13-16-11-18(25)12-17(23(16)29-24)14-28-21-9-7-15(8-10-22(26)27)19-5-3-4-6-20(19)21;3*1-2/h7,9,11-12H,3-6,8,10,13-14H2,1-2H3,(H,26,27);3*1-2H3. The third-order valence-electron chi connectivity index (χ3n) is 5.78. The van der Waals surface area contributed by atoms with Crippen LogP contribution in [0.5, 0.6) is 11.5 Å². The quantitative estimate of drug-likeness (QED) is 0.446. The van der Waals surface area contributed by atoms with Gasteiger partial charge in [0, 0.05) is 24.0 Å². The topological polar surface area (TPSA) is 55.8 Å². The molecule has 1 heterocycles. The number of carboxylic acids is 1. The van der Waals surface area contributed by atoms with E-state index >= 15 is 0 Å². The Labute approximate surface area is 211 Å². The summed E-state index contributed by atoms with van der Waals surface area (Å²) in [5, 5.41) is 9.01. The van der Waals surface area contributed by atoms with E-state index in [-0.39, 0.29) is 24.4 Å². The molecule has 0 saturated carbocycles. The number of fused-ring (bicyclic) bond motifs is 2. The molecule has 0 radical (unpaired) electrons. The van der Waals surface area contributed by atoms with Gasteiger partial charge in [0.1, 0.15) is 29.5 Å². The third kappa shape index (κ3) is 8.26. The van der Waals surface area contributed by atoms with Crippen LogP contribution in [0.15, 0.2) is 24.3 Å². The van der Waals surface area contributed by atoms with E-state index in [1.165, 1.54) is 17.2 Å². The molecule has 2 aliphatic rings. The molecule has 0 fully saturated rings. The summed E-state index contributed by atoms with van der Waals surface area (Å²) in [5.74, 6) is 0.504. The molecule has 0 atom stereocenters. The van der Waals surface area contributed by atoms with E-state index in [2.05, 4.69) is 0 Å². The zero-order valence-corrected chi connectivity index (χ0v) is 23.0. The summed E-state index contributed by atoms with van der Waals surface area (Å²) >= 11 is 0. The highest BCUT2D eigenvalue weighted by molar-refractivity contribution is 5.67. The van der Waals surface area contributed by atoms with Crippen molar-refractivity contribution in [3.8, 4) is 11.5 Å². The predicted octanol–water partition coefficient (Wildman–Crippen LogP) is 8.09. The van der Waals surface area contributed by atoms with E-state index < -0.39 is 5.97 Å². The Bertz CT molecular complexity index is 950. The molecule has 0 aromatic heterocycles. The lowest BCUT2D eigenvalue weighted by Gasteiger charge is -2.23. The Morgan fingerprint density at radius 3 is 2.26 bits per heavy atom. The fourth-order valence-corrected chi connectivity index (χ4v) is 4.53. The van der Waals surface area contributed by atoms with Crippen LogP contribution in [0.2, 0.25) is 0 Å². The number of ether oxygens (including phenoxy) is 2. The summed E-state index contributed by atoms with van der Waals surface area (Å²) in [6.45, 7) is 16.3. The molecule has 0 bridgehead atoms. The molecule has 4 rings (SSSR count). The van der Waals surface area contributed by atoms with Crippen LogP contribution in [0.4, 0.5) is 4.39 Å². The molecule has 35 heavy (non-hydrogen) atoms. The molecule has 0 amide bonds. The van der Waals surface area contributed by atoms with Crippen molar-refractivity contribution in [2.75, 3.05) is 0 Å². The molecule has 0 unspecified atom stereocenters. The third-order valence-corrected chi connectivity index (χ3v) is 5.78. The lowest BCUT2D eigenvalue weighted by atomic mass is 9.86. The van der Waals surface area contributed by atoms with E-state index in [1.54, 1.807) is 6.07 Å². The van der Waals surface area contributed by atoms with Crippen LogP contribution in [0.3, 0.4) is 0 Å². The monoisotopic (exact) mass is 488 g/mol. The summed E-state index contributed by atoms with van der Waals surface area (Å²) < 4.78 is 26.3. The van der Waals surface area contributed by atoms with Gasteiger partial charge in [-0.25, -0.2) is 4.39 Å². The van der Waals surface area contributed by atoms with Crippen molar-refractivity contribution >= 4 is 5.97 Å². The minimum absolute atomic E-state index is 0.134. The Morgan fingerprint density at radius 1 is 1.00 bits per heavy atom. The number of halogens is 1. The molecule has 196 valence electrons. The van der Waals surface area contributed by atoms with E-state index in [0.717, 1.165) is 53.9 Å². The number of rotatable bonds is 6. The maximum absolute atomic E-state index is 14.1. The highest BCUT2D eigenvalue weighted by Gasteiger charge is 2.32. The molecular weight excluding hydrogens is 443 g/mol. The van der Waals surface area contributed by atoms with Crippen LogP contribution in [-0.4, -0.2) is 16.7 Å². The summed E-state index contributed by atoms with van der Waals surface area (Å²) in [5.41, 5.74) is 4.79. The van der Waals surface area contributed by atoms with Gasteiger partial charge in [0.25, 0.3) is 0 Å². The Morgan fingerprint density at radius 2 is 1.63 bits per heavy atom. The molecule has 1 aliphatic carbocycles. The number of aryl methyl sites for hydroxylation is 1. The highest BCUT2D eigenvalue weighted by atomic mass is 19.1. The number of hydrogen-bond donors (Lipinski definition) is 1. The van der Waals surface area contributed by atoms with Crippen LogP contribution in [0.25, 0.3) is 0 Å². The molecule has 0 spiro atoms. The van der Waals surface area contributed by atoms with Gasteiger partial charge in [-0.15, -0.1) is 0 Å². The van der Waals surface area contributed by atoms with Gasteiger partial charge in [-0.1, -0.05) is 47.6 Å². The van der Waals surface area contributed by atoms with Crippen molar-refractivity contribution < 1.29 is 23.8 Å². The zero-order chi connectivity index (χ0) is 26.6. The maximum Gasteiger partial charge on any atom is 0.303 e. The van der Waals surface area contributed by atoms with Gasteiger partial charge in [0.05, 0.1) is 0 Å². The number of hydrogen-bond acceptors (Lipinski definition) is 3.